The molecule has 1 unspecified atom stereocenters. The summed E-state index contributed by atoms with van der Waals surface area (Å²) < 4.78 is 0. The predicted octanol–water partition coefficient (Wildman–Crippen LogP) is 1.38. The molecule has 1 aromatic carbocycles. The van der Waals surface area contributed by atoms with E-state index in [1.54, 1.807) is 0 Å². The zero-order valence-electron chi connectivity index (χ0n) is 9.42. The lowest BCUT2D eigenvalue weighted by molar-refractivity contribution is 0.539. The minimum Gasteiger partial charge on any atom is -0.330 e. The van der Waals surface area contributed by atoms with Crippen LogP contribution in [0.15, 0.2) is 23.0 Å². The highest BCUT2D eigenvalue weighted by Crippen LogP contribution is 2.15. The maximum Gasteiger partial charge on any atom is 0.323 e. The number of H-pyrrole nitrogens is 2. The van der Waals surface area contributed by atoms with Gasteiger partial charge in [-0.1, -0.05) is 13.0 Å². The van der Waals surface area contributed by atoms with Crippen LogP contribution >= 0.6 is 0 Å². The molecule has 4 heteroatoms. The number of rotatable bonds is 4. The van der Waals surface area contributed by atoms with Crippen molar-refractivity contribution in [2.45, 2.75) is 19.8 Å². The summed E-state index contributed by atoms with van der Waals surface area (Å²) >= 11 is 0. The Kier molecular flexibility index (Phi) is 3.10. The van der Waals surface area contributed by atoms with Crippen LogP contribution in [0.25, 0.3) is 11.0 Å². The van der Waals surface area contributed by atoms with Gasteiger partial charge in [0.1, 0.15) is 0 Å². The van der Waals surface area contributed by atoms with E-state index in [0.717, 1.165) is 30.4 Å². The highest BCUT2D eigenvalue weighted by atomic mass is 16.1. The molecule has 0 saturated carbocycles. The quantitative estimate of drug-likeness (QED) is 0.726. The van der Waals surface area contributed by atoms with Crippen LogP contribution in [0.1, 0.15) is 18.9 Å². The van der Waals surface area contributed by atoms with Gasteiger partial charge >= 0.3 is 5.69 Å². The molecular weight excluding hydrogens is 202 g/mol. The van der Waals surface area contributed by atoms with Gasteiger partial charge in [-0.05, 0) is 43.0 Å². The Bertz CT molecular complexity index is 526. The van der Waals surface area contributed by atoms with Crippen molar-refractivity contribution < 1.29 is 0 Å². The summed E-state index contributed by atoms with van der Waals surface area (Å²) in [4.78, 5) is 16.6. The Morgan fingerprint density at radius 2 is 2.06 bits per heavy atom. The molecule has 2 rings (SSSR count). The van der Waals surface area contributed by atoms with Gasteiger partial charge in [0.05, 0.1) is 11.0 Å². The average molecular weight is 219 g/mol. The number of benzene rings is 1. The van der Waals surface area contributed by atoms with Gasteiger partial charge in [0, 0.05) is 0 Å². The van der Waals surface area contributed by atoms with Crippen LogP contribution in [0.5, 0.6) is 0 Å². The Hall–Kier alpha value is -1.55. The number of imidazole rings is 1. The third-order valence-electron chi connectivity index (χ3n) is 2.82. The summed E-state index contributed by atoms with van der Waals surface area (Å²) in [5.74, 6) is 0.577. The lowest BCUT2D eigenvalue weighted by atomic mass is 9.98. The molecule has 4 N–H and O–H groups in total. The van der Waals surface area contributed by atoms with Gasteiger partial charge in [-0.15, -0.1) is 0 Å². The molecule has 4 nitrogen and oxygen atoms in total. The van der Waals surface area contributed by atoms with Gasteiger partial charge in [-0.3, -0.25) is 0 Å². The first-order chi connectivity index (χ1) is 7.69. The Morgan fingerprint density at radius 1 is 1.31 bits per heavy atom. The van der Waals surface area contributed by atoms with E-state index in [1.807, 2.05) is 12.1 Å². The van der Waals surface area contributed by atoms with Crippen molar-refractivity contribution in [3.05, 3.63) is 34.2 Å². The molecule has 86 valence electrons. The van der Waals surface area contributed by atoms with E-state index >= 15 is 0 Å². The van der Waals surface area contributed by atoms with Crippen molar-refractivity contribution in [3.63, 3.8) is 0 Å². The average Bonchev–Trinajstić information content (AvgIpc) is 2.57. The van der Waals surface area contributed by atoms with Crippen molar-refractivity contribution in [2.75, 3.05) is 6.54 Å². The first-order valence-electron chi connectivity index (χ1n) is 5.60. The van der Waals surface area contributed by atoms with Crippen molar-refractivity contribution in [1.29, 1.82) is 0 Å². The molecule has 0 radical (unpaired) electrons. The van der Waals surface area contributed by atoms with E-state index in [4.69, 9.17) is 5.73 Å². The fourth-order valence-corrected chi connectivity index (χ4v) is 2.00. The number of hydrogen-bond donors (Lipinski definition) is 3. The fourth-order valence-electron chi connectivity index (χ4n) is 2.00. The third-order valence-corrected chi connectivity index (χ3v) is 2.82. The summed E-state index contributed by atoms with van der Waals surface area (Å²) in [6.07, 6.45) is 2.03. The first kappa shape index (κ1) is 11.0. The zero-order chi connectivity index (χ0) is 11.5. The predicted molar refractivity (Wildman–Crippen MR) is 65.5 cm³/mol. The lowest BCUT2D eigenvalue weighted by Gasteiger charge is -2.09. The van der Waals surface area contributed by atoms with Crippen LogP contribution < -0.4 is 11.4 Å². The smallest absolute Gasteiger partial charge is 0.323 e. The molecule has 1 heterocycles. The van der Waals surface area contributed by atoms with E-state index in [1.165, 1.54) is 5.56 Å². The topological polar surface area (TPSA) is 74.7 Å². The molecular formula is C12H17N3O. The van der Waals surface area contributed by atoms with Crippen molar-refractivity contribution in [1.82, 2.24) is 9.97 Å². The molecule has 0 spiro atoms. The third kappa shape index (κ3) is 2.33. The van der Waals surface area contributed by atoms with Crippen LogP contribution in [-0.4, -0.2) is 16.5 Å². The molecule has 0 fully saturated rings. The van der Waals surface area contributed by atoms with Gasteiger partial charge in [0.25, 0.3) is 0 Å². The molecule has 2 aromatic rings. The van der Waals surface area contributed by atoms with Gasteiger partial charge < -0.3 is 15.7 Å². The molecule has 0 saturated heterocycles. The highest BCUT2D eigenvalue weighted by Gasteiger charge is 2.04. The number of hydrogen-bond acceptors (Lipinski definition) is 2. The maximum atomic E-state index is 11.1. The van der Waals surface area contributed by atoms with Crippen molar-refractivity contribution in [3.8, 4) is 0 Å². The molecule has 1 atom stereocenters. The van der Waals surface area contributed by atoms with E-state index in [0.29, 0.717) is 5.92 Å². The second kappa shape index (κ2) is 4.53. The monoisotopic (exact) mass is 219 g/mol. The molecule has 0 amide bonds. The van der Waals surface area contributed by atoms with Gasteiger partial charge in [-0.2, -0.15) is 0 Å². The summed E-state index contributed by atoms with van der Waals surface area (Å²) in [6.45, 7) is 2.92. The molecule has 16 heavy (non-hydrogen) atoms. The van der Waals surface area contributed by atoms with Crippen LogP contribution in [0.3, 0.4) is 0 Å². The van der Waals surface area contributed by atoms with Crippen LogP contribution in [0.4, 0.5) is 0 Å². The number of aromatic amines is 2. The second-order valence-electron chi connectivity index (χ2n) is 4.35. The van der Waals surface area contributed by atoms with Crippen LogP contribution in [0.2, 0.25) is 0 Å². The van der Waals surface area contributed by atoms with Gasteiger partial charge in [-0.25, -0.2) is 4.79 Å². The molecule has 0 aliphatic carbocycles. The molecule has 0 aliphatic heterocycles. The fraction of sp³-hybridized carbons (Fsp3) is 0.417. The molecule has 0 aliphatic rings. The van der Waals surface area contributed by atoms with Crippen molar-refractivity contribution >= 4 is 11.0 Å². The molecule has 1 aromatic heterocycles. The first-order valence-corrected chi connectivity index (χ1v) is 5.60. The minimum absolute atomic E-state index is 0.151. The van der Waals surface area contributed by atoms with Crippen LogP contribution in [0, 0.1) is 5.92 Å². The summed E-state index contributed by atoms with van der Waals surface area (Å²) in [5, 5.41) is 0. The summed E-state index contributed by atoms with van der Waals surface area (Å²) in [6, 6.07) is 6.02. The highest BCUT2D eigenvalue weighted by molar-refractivity contribution is 5.74. The standard InChI is InChI=1S/C12H17N3O/c1-8(4-5-13)6-9-2-3-10-11(7-9)15-12(16)14-10/h2-3,7-8H,4-6,13H2,1H3,(H2,14,15,16). The Morgan fingerprint density at radius 3 is 2.81 bits per heavy atom. The van der Waals surface area contributed by atoms with Gasteiger partial charge in [0.2, 0.25) is 0 Å². The lowest BCUT2D eigenvalue weighted by Crippen LogP contribution is -2.07. The number of fused-ring (bicyclic) bond motifs is 1. The number of nitrogens with two attached hydrogens (primary N) is 1. The number of nitrogens with one attached hydrogen (secondary N) is 2. The van der Waals surface area contributed by atoms with Crippen LogP contribution in [-0.2, 0) is 6.42 Å². The minimum atomic E-state index is -0.151. The largest absolute Gasteiger partial charge is 0.330 e. The second-order valence-corrected chi connectivity index (χ2v) is 4.35. The van der Waals surface area contributed by atoms with E-state index in [9.17, 15) is 4.79 Å². The zero-order valence-corrected chi connectivity index (χ0v) is 9.42. The Labute approximate surface area is 93.9 Å². The maximum absolute atomic E-state index is 11.1. The summed E-state index contributed by atoms with van der Waals surface area (Å²) in [7, 11) is 0. The normalized spacial score (nSPS) is 13.1. The summed E-state index contributed by atoms with van der Waals surface area (Å²) in [5.41, 5.74) is 8.35. The van der Waals surface area contributed by atoms with E-state index in [-0.39, 0.29) is 5.69 Å². The van der Waals surface area contributed by atoms with Gasteiger partial charge in [0.15, 0.2) is 0 Å². The Balaban J connectivity index is 2.22. The van der Waals surface area contributed by atoms with E-state index < -0.39 is 0 Å². The SMILES string of the molecule is CC(CCN)Cc1ccc2[nH]c(=O)[nH]c2c1. The molecule has 0 bridgehead atoms. The number of aromatic nitrogens is 2. The van der Waals surface area contributed by atoms with E-state index in [2.05, 4.69) is 23.0 Å². The van der Waals surface area contributed by atoms with Crippen molar-refractivity contribution in [2.24, 2.45) is 11.7 Å².